The molecule has 4 N–H and O–H groups in total. The van der Waals surface area contributed by atoms with Crippen LogP contribution in [0.25, 0.3) is 11.5 Å². The van der Waals surface area contributed by atoms with Gasteiger partial charge in [0.1, 0.15) is 17.5 Å². The van der Waals surface area contributed by atoms with Crippen molar-refractivity contribution in [3.8, 4) is 35.2 Å². The minimum Gasteiger partial charge on any atom is -0.479 e. The molecule has 5 heterocycles. The van der Waals surface area contributed by atoms with E-state index < -0.39 is 12.1 Å². The Labute approximate surface area is 276 Å². The van der Waals surface area contributed by atoms with Gasteiger partial charge in [-0.1, -0.05) is 34.0 Å². The number of ether oxygens (including phenoxy) is 2. The number of methoxy groups -OCH3 is 2. The molecule has 0 saturated heterocycles. The summed E-state index contributed by atoms with van der Waals surface area (Å²) in [6.45, 7) is 3.31. The second kappa shape index (κ2) is 19.1. The van der Waals surface area contributed by atoms with E-state index in [9.17, 15) is 4.79 Å². The molecule has 0 fully saturated rings. The van der Waals surface area contributed by atoms with Crippen molar-refractivity contribution < 1.29 is 29.1 Å². The average molecular weight is 649 g/mol. The number of carboxylic acids is 1. The quantitative estimate of drug-likeness (QED) is 0.0790. The molecule has 14 nitrogen and oxygen atoms in total. The third-order valence-electron chi connectivity index (χ3n) is 6.03. The molecule has 5 aromatic rings. The third kappa shape index (κ3) is 11.8. The van der Waals surface area contributed by atoms with E-state index in [0.717, 1.165) is 22.3 Å². The number of carboxylic acid groups (broad SMARTS) is 1. The maximum absolute atomic E-state index is 9.81. The molecule has 0 spiro atoms. The van der Waals surface area contributed by atoms with Gasteiger partial charge in [-0.15, -0.1) is 0 Å². The van der Waals surface area contributed by atoms with Crippen molar-refractivity contribution >= 4 is 11.8 Å². The zero-order valence-corrected chi connectivity index (χ0v) is 26.5. The van der Waals surface area contributed by atoms with Gasteiger partial charge in [0.2, 0.25) is 5.82 Å². The van der Waals surface area contributed by atoms with Gasteiger partial charge in [-0.3, -0.25) is 19.9 Å². The van der Waals surface area contributed by atoms with Crippen LogP contribution in [0, 0.1) is 23.7 Å². The number of aliphatic carboxylic acids is 1. The van der Waals surface area contributed by atoms with Gasteiger partial charge in [0.25, 0.3) is 5.89 Å². The number of aromatic nitrogens is 6. The first-order valence-corrected chi connectivity index (χ1v) is 14.1. The lowest BCUT2D eigenvalue weighted by Crippen LogP contribution is -2.17. The summed E-state index contributed by atoms with van der Waals surface area (Å²) in [7, 11) is 2.95. The monoisotopic (exact) mass is 648 g/mol. The highest BCUT2D eigenvalue weighted by atomic mass is 16.5. The number of amidine groups is 1. The van der Waals surface area contributed by atoms with Crippen LogP contribution in [0.3, 0.4) is 0 Å². The van der Waals surface area contributed by atoms with Crippen LogP contribution in [-0.4, -0.2) is 72.5 Å². The van der Waals surface area contributed by atoms with Gasteiger partial charge >= 0.3 is 5.97 Å². The largest absolute Gasteiger partial charge is 0.479 e. The predicted octanol–water partition coefficient (Wildman–Crippen LogP) is 3.71. The third-order valence-corrected chi connectivity index (χ3v) is 6.03. The fraction of sp³-hybridized carbons (Fsp3) is 0.176. The van der Waals surface area contributed by atoms with Crippen LogP contribution in [0.1, 0.15) is 53.8 Å². The van der Waals surface area contributed by atoms with Gasteiger partial charge in [-0.2, -0.15) is 4.98 Å². The Kier molecular flexibility index (Phi) is 14.3. The van der Waals surface area contributed by atoms with Gasteiger partial charge in [-0.05, 0) is 62.4 Å². The Morgan fingerprint density at radius 2 is 1.35 bits per heavy atom. The molecule has 5 aromatic heterocycles. The number of nitrogens with zero attached hydrogens (tertiary/aromatic N) is 7. The lowest BCUT2D eigenvalue weighted by Gasteiger charge is -2.00. The molecule has 48 heavy (non-hydrogen) atoms. The Morgan fingerprint density at radius 1 is 0.812 bits per heavy atom. The van der Waals surface area contributed by atoms with Gasteiger partial charge in [0.15, 0.2) is 11.9 Å². The number of hydrogen-bond donors (Lipinski definition) is 3. The molecule has 0 aromatic carbocycles. The summed E-state index contributed by atoms with van der Waals surface area (Å²) < 4.78 is 14.7. The van der Waals surface area contributed by atoms with Crippen LogP contribution in [-0.2, 0) is 14.3 Å². The van der Waals surface area contributed by atoms with Crippen molar-refractivity contribution in [2.24, 2.45) is 10.9 Å². The van der Waals surface area contributed by atoms with Gasteiger partial charge in [0.05, 0.1) is 0 Å². The second-order valence-electron chi connectivity index (χ2n) is 9.37. The fourth-order valence-corrected chi connectivity index (χ4v) is 3.14. The van der Waals surface area contributed by atoms with Crippen molar-refractivity contribution in [1.29, 1.82) is 0 Å². The maximum atomic E-state index is 9.81. The fourth-order valence-electron chi connectivity index (χ4n) is 3.14. The van der Waals surface area contributed by atoms with Crippen LogP contribution >= 0.6 is 0 Å². The molecule has 0 saturated carbocycles. The summed E-state index contributed by atoms with van der Waals surface area (Å²) in [4.78, 5) is 30.3. The summed E-state index contributed by atoms with van der Waals surface area (Å²) in [6, 6.07) is 14.4. The molecule has 0 bridgehead atoms. The molecule has 0 amide bonds. The molecule has 2 unspecified atom stereocenters. The average Bonchev–Trinajstić information content (AvgIpc) is 3.64. The van der Waals surface area contributed by atoms with Crippen LogP contribution in [0.2, 0.25) is 0 Å². The zero-order valence-electron chi connectivity index (χ0n) is 26.5. The van der Waals surface area contributed by atoms with Crippen LogP contribution in [0.5, 0.6) is 0 Å². The number of rotatable bonds is 6. The molecule has 5 rings (SSSR count). The minimum atomic E-state index is -0.928. The molecule has 2 atom stereocenters. The molecule has 14 heteroatoms. The van der Waals surface area contributed by atoms with Crippen LogP contribution < -0.4 is 5.73 Å². The van der Waals surface area contributed by atoms with Gasteiger partial charge in [-0.25, -0.2) is 4.79 Å². The van der Waals surface area contributed by atoms with Crippen molar-refractivity contribution in [1.82, 2.24) is 30.1 Å². The van der Waals surface area contributed by atoms with Crippen molar-refractivity contribution in [3.63, 3.8) is 0 Å². The number of carbonyl (C=O) groups is 1. The minimum absolute atomic E-state index is 0.0244. The van der Waals surface area contributed by atoms with Gasteiger partial charge < -0.3 is 30.0 Å². The molecule has 244 valence electrons. The van der Waals surface area contributed by atoms with E-state index in [0.29, 0.717) is 23.1 Å². The lowest BCUT2D eigenvalue weighted by molar-refractivity contribution is -0.147. The Balaban J connectivity index is 0.000000222. The van der Waals surface area contributed by atoms with E-state index >= 15 is 0 Å². The molecular formula is C34H32N8O6. The summed E-state index contributed by atoms with van der Waals surface area (Å²) in [5, 5.41) is 23.3. The first-order chi connectivity index (χ1) is 23.2. The van der Waals surface area contributed by atoms with Crippen molar-refractivity contribution in [2.45, 2.75) is 26.1 Å². The SMILES string of the molecule is COC(C)C(=O)O.COC(C)c1nc(-c2ccc(C#Cc3ccncc3)cn2)no1.N/C(=N\O)c1ccc(C#Cc2ccncc2)cn1. The summed E-state index contributed by atoms with van der Waals surface area (Å²) in [5.74, 6) is 11.9. The number of oxime groups is 1. The summed E-state index contributed by atoms with van der Waals surface area (Å²) in [5.41, 5.74) is 9.78. The van der Waals surface area contributed by atoms with Gasteiger partial charge in [0, 0.05) is 73.7 Å². The normalized spacial score (nSPS) is 11.5. The maximum Gasteiger partial charge on any atom is 0.332 e. The molecule has 0 radical (unpaired) electrons. The Bertz CT molecular complexity index is 1880. The smallest absolute Gasteiger partial charge is 0.332 e. The van der Waals surface area contributed by atoms with E-state index in [2.05, 4.69) is 63.7 Å². The number of nitrogens with two attached hydrogens (primary N) is 1. The number of pyridine rings is 4. The van der Waals surface area contributed by atoms with E-state index in [-0.39, 0.29) is 11.9 Å². The summed E-state index contributed by atoms with van der Waals surface area (Å²) >= 11 is 0. The van der Waals surface area contributed by atoms with Crippen molar-refractivity contribution in [3.05, 3.63) is 120 Å². The van der Waals surface area contributed by atoms with E-state index in [1.807, 2.05) is 43.3 Å². The predicted molar refractivity (Wildman–Crippen MR) is 174 cm³/mol. The molecular weight excluding hydrogens is 616 g/mol. The summed E-state index contributed by atoms with van der Waals surface area (Å²) in [6.07, 6.45) is 9.11. The highest BCUT2D eigenvalue weighted by Gasteiger charge is 2.15. The topological polar surface area (TPSA) is 205 Å². The van der Waals surface area contributed by atoms with E-state index in [1.165, 1.54) is 14.0 Å². The highest BCUT2D eigenvalue weighted by Crippen LogP contribution is 2.18. The molecule has 0 aliphatic rings. The lowest BCUT2D eigenvalue weighted by atomic mass is 10.2. The standard InChI is InChI=1S/C17H14N4O2.C13H10N4O.C4H8O3/c1-12(22-2)17-20-16(21-23-17)15-6-5-14(11-19-15)4-3-13-7-9-18-10-8-13;14-13(17-18)12-4-3-11(9-16-12)2-1-10-5-7-15-8-6-10;1-3(7-2)4(5)6/h5-12H,1-2H3;3-9,18H,(H2,14,17);3H,1-2H3,(H,5,6). The Hall–Kier alpha value is -6.48. The molecule has 0 aliphatic heterocycles. The van der Waals surface area contributed by atoms with E-state index in [1.54, 1.807) is 56.4 Å². The Morgan fingerprint density at radius 3 is 1.77 bits per heavy atom. The first kappa shape index (κ1) is 36.0. The second-order valence-corrected chi connectivity index (χ2v) is 9.37. The number of hydrogen-bond acceptors (Lipinski definition) is 12. The van der Waals surface area contributed by atoms with E-state index in [4.69, 9.17) is 25.3 Å². The molecule has 0 aliphatic carbocycles. The first-order valence-electron chi connectivity index (χ1n) is 14.1. The zero-order chi connectivity index (χ0) is 34.7. The van der Waals surface area contributed by atoms with Crippen molar-refractivity contribution in [2.75, 3.05) is 14.2 Å². The highest BCUT2D eigenvalue weighted by molar-refractivity contribution is 5.95. The van der Waals surface area contributed by atoms with Crippen LogP contribution in [0.4, 0.5) is 0 Å². The van der Waals surface area contributed by atoms with Crippen LogP contribution in [0.15, 0.2) is 95.4 Å².